The van der Waals surface area contributed by atoms with Gasteiger partial charge in [-0.15, -0.1) is 0 Å². The van der Waals surface area contributed by atoms with E-state index in [1.165, 1.54) is 33.2 Å². The van der Waals surface area contributed by atoms with E-state index in [4.69, 9.17) is 19.9 Å². The van der Waals surface area contributed by atoms with Gasteiger partial charge in [0.1, 0.15) is 0 Å². The van der Waals surface area contributed by atoms with Crippen molar-refractivity contribution in [1.82, 2.24) is 19.9 Å². The van der Waals surface area contributed by atoms with Gasteiger partial charge in [-0.2, -0.15) is 0 Å². The topological polar surface area (TPSA) is 51.6 Å². The maximum absolute atomic E-state index is 5.00. The zero-order valence-corrected chi connectivity index (χ0v) is 20.2. The first kappa shape index (κ1) is 20.7. The number of fused-ring (bicyclic) bond motifs is 6. The maximum Gasteiger partial charge on any atom is 0.0968 e. The molecule has 0 aliphatic heterocycles. The van der Waals surface area contributed by atoms with Gasteiger partial charge in [-0.25, -0.2) is 0 Å². The van der Waals surface area contributed by atoms with E-state index in [0.29, 0.717) is 0 Å². The second-order valence-corrected chi connectivity index (χ2v) is 9.40. The van der Waals surface area contributed by atoms with E-state index in [1.54, 1.807) is 0 Å². The predicted octanol–water partition coefficient (Wildman–Crippen LogP) is 7.01. The molecule has 4 nitrogen and oxygen atoms in total. The molecule has 4 heteroatoms. The number of aromatic nitrogens is 4. The maximum atomic E-state index is 5.00. The Labute approximate surface area is 198 Å². The van der Waals surface area contributed by atoms with E-state index in [0.717, 1.165) is 56.0 Å². The number of nitrogens with zero attached hydrogens (tertiary/aromatic N) is 4. The van der Waals surface area contributed by atoms with Crippen molar-refractivity contribution in [3.8, 4) is 0 Å². The molecule has 166 valence electrons. The van der Waals surface area contributed by atoms with E-state index in [2.05, 4.69) is 64.1 Å². The van der Waals surface area contributed by atoms with E-state index in [-0.39, 0.29) is 0 Å². The number of rotatable bonds is 2. The lowest BCUT2D eigenvalue weighted by molar-refractivity contribution is 1.08. The molecule has 2 aromatic carbocycles. The molecule has 0 radical (unpaired) electrons. The summed E-state index contributed by atoms with van der Waals surface area (Å²) in [6.07, 6.45) is 4.76. The molecule has 6 aromatic rings. The Hall–Kier alpha value is -3.92. The molecule has 0 bridgehead atoms. The molecule has 0 aliphatic rings. The van der Waals surface area contributed by atoms with Gasteiger partial charge in [0.15, 0.2) is 0 Å². The quantitative estimate of drug-likeness (QED) is 0.271. The first-order chi connectivity index (χ1) is 16.4. The van der Waals surface area contributed by atoms with Crippen molar-refractivity contribution in [3.63, 3.8) is 0 Å². The Balaban J connectivity index is 1.47. The molecule has 0 atom stereocenters. The molecule has 0 saturated carbocycles. The molecular weight excluding hydrogens is 416 g/mol. The van der Waals surface area contributed by atoms with Crippen LogP contribution in [0.2, 0.25) is 0 Å². The van der Waals surface area contributed by atoms with Crippen molar-refractivity contribution in [2.45, 2.75) is 41.0 Å². The van der Waals surface area contributed by atoms with Gasteiger partial charge in [0.2, 0.25) is 0 Å². The SMILES string of the molecule is Cc1ccc2ccc3cc(Cc4cnc5c(ccc6c(C)c(C)cnc65)c4C)c(C)nc3c2n1. The summed E-state index contributed by atoms with van der Waals surface area (Å²) in [5, 5.41) is 4.59. The zero-order chi connectivity index (χ0) is 23.6. The fraction of sp³-hybridized carbons (Fsp3) is 0.200. The Morgan fingerprint density at radius 3 is 2.03 bits per heavy atom. The molecule has 6 rings (SSSR count). The van der Waals surface area contributed by atoms with Crippen LogP contribution in [0.25, 0.3) is 43.6 Å². The third kappa shape index (κ3) is 3.13. The smallest absolute Gasteiger partial charge is 0.0968 e. The lowest BCUT2D eigenvalue weighted by Crippen LogP contribution is -2.00. The molecule has 0 unspecified atom stereocenters. The van der Waals surface area contributed by atoms with Crippen LogP contribution in [-0.4, -0.2) is 19.9 Å². The number of aryl methyl sites for hydroxylation is 5. The van der Waals surface area contributed by atoms with Gasteiger partial charge in [-0.3, -0.25) is 19.9 Å². The third-order valence-corrected chi connectivity index (χ3v) is 7.23. The lowest BCUT2D eigenvalue weighted by atomic mass is 9.95. The van der Waals surface area contributed by atoms with Crippen molar-refractivity contribution < 1.29 is 0 Å². The Bertz CT molecular complexity index is 1780. The summed E-state index contributed by atoms with van der Waals surface area (Å²) in [4.78, 5) is 19.4. The van der Waals surface area contributed by atoms with Crippen LogP contribution in [-0.2, 0) is 6.42 Å². The van der Waals surface area contributed by atoms with E-state index >= 15 is 0 Å². The molecule has 0 amide bonds. The van der Waals surface area contributed by atoms with E-state index < -0.39 is 0 Å². The third-order valence-electron chi connectivity index (χ3n) is 7.23. The van der Waals surface area contributed by atoms with Crippen LogP contribution >= 0.6 is 0 Å². The first-order valence-corrected chi connectivity index (χ1v) is 11.7. The van der Waals surface area contributed by atoms with Gasteiger partial charge >= 0.3 is 0 Å². The summed E-state index contributed by atoms with van der Waals surface area (Å²) in [5.41, 5.74) is 12.1. The Morgan fingerprint density at radius 2 is 1.24 bits per heavy atom. The number of hydrogen-bond acceptors (Lipinski definition) is 4. The van der Waals surface area contributed by atoms with Crippen molar-refractivity contribution in [3.05, 3.63) is 94.1 Å². The summed E-state index contributed by atoms with van der Waals surface area (Å²) in [6, 6.07) is 15.1. The molecule has 4 heterocycles. The number of pyridine rings is 4. The van der Waals surface area contributed by atoms with Crippen LogP contribution in [0.15, 0.2) is 54.9 Å². The molecule has 0 fully saturated rings. The fourth-order valence-corrected chi connectivity index (χ4v) is 4.94. The highest BCUT2D eigenvalue weighted by Crippen LogP contribution is 2.31. The molecule has 0 saturated heterocycles. The van der Waals surface area contributed by atoms with E-state index in [1.807, 2.05) is 25.4 Å². The minimum Gasteiger partial charge on any atom is -0.254 e. The summed E-state index contributed by atoms with van der Waals surface area (Å²) in [6.45, 7) is 10.6. The minimum absolute atomic E-state index is 0.793. The van der Waals surface area contributed by atoms with Crippen molar-refractivity contribution >= 4 is 43.6 Å². The van der Waals surface area contributed by atoms with Gasteiger partial charge in [0.05, 0.1) is 22.1 Å². The van der Waals surface area contributed by atoms with Crippen LogP contribution in [0, 0.1) is 34.6 Å². The van der Waals surface area contributed by atoms with Gasteiger partial charge in [0.25, 0.3) is 0 Å². The molecular formula is C30H26N4. The highest BCUT2D eigenvalue weighted by Gasteiger charge is 2.14. The highest BCUT2D eigenvalue weighted by atomic mass is 14.8. The highest BCUT2D eigenvalue weighted by molar-refractivity contribution is 6.05. The van der Waals surface area contributed by atoms with Gasteiger partial charge < -0.3 is 0 Å². The minimum atomic E-state index is 0.793. The Morgan fingerprint density at radius 1 is 0.588 bits per heavy atom. The van der Waals surface area contributed by atoms with Crippen LogP contribution in [0.1, 0.15) is 39.2 Å². The van der Waals surface area contributed by atoms with Gasteiger partial charge in [0, 0.05) is 51.7 Å². The summed E-state index contributed by atoms with van der Waals surface area (Å²) >= 11 is 0. The number of benzene rings is 2. The number of hydrogen-bond donors (Lipinski definition) is 0. The van der Waals surface area contributed by atoms with E-state index in [9.17, 15) is 0 Å². The Kier molecular flexibility index (Phi) is 4.59. The normalized spacial score (nSPS) is 11.8. The molecule has 0 N–H and O–H groups in total. The lowest BCUT2D eigenvalue weighted by Gasteiger charge is -2.14. The summed E-state index contributed by atoms with van der Waals surface area (Å²) < 4.78 is 0. The fourth-order valence-electron chi connectivity index (χ4n) is 4.94. The van der Waals surface area contributed by atoms with Crippen molar-refractivity contribution in [2.24, 2.45) is 0 Å². The zero-order valence-electron chi connectivity index (χ0n) is 20.2. The standard InChI is InChI=1S/C30H26N4/c1-16-14-31-29-25(18(16)3)10-11-26-19(4)24(15-32-30(26)29)13-23-12-22-9-8-21-7-6-17(2)33-27(21)28(22)34-20(23)5/h6-12,14-15H,13H2,1-5H3. The van der Waals surface area contributed by atoms with Crippen molar-refractivity contribution in [2.75, 3.05) is 0 Å². The van der Waals surface area contributed by atoms with Crippen molar-refractivity contribution in [1.29, 1.82) is 0 Å². The average molecular weight is 443 g/mol. The second-order valence-electron chi connectivity index (χ2n) is 9.40. The second kappa shape index (κ2) is 7.56. The average Bonchev–Trinajstić information content (AvgIpc) is 2.83. The molecule has 34 heavy (non-hydrogen) atoms. The monoisotopic (exact) mass is 442 g/mol. The van der Waals surface area contributed by atoms with Gasteiger partial charge in [-0.1, -0.05) is 30.3 Å². The molecule has 0 aliphatic carbocycles. The van der Waals surface area contributed by atoms with Crippen LogP contribution in [0.5, 0.6) is 0 Å². The first-order valence-electron chi connectivity index (χ1n) is 11.7. The summed E-state index contributed by atoms with van der Waals surface area (Å²) in [5.74, 6) is 0. The molecule has 0 spiro atoms. The summed E-state index contributed by atoms with van der Waals surface area (Å²) in [7, 11) is 0. The van der Waals surface area contributed by atoms with Crippen LogP contribution in [0.4, 0.5) is 0 Å². The predicted molar refractivity (Wildman–Crippen MR) is 141 cm³/mol. The van der Waals surface area contributed by atoms with Crippen LogP contribution in [0.3, 0.4) is 0 Å². The molecule has 4 aromatic heterocycles. The van der Waals surface area contributed by atoms with Gasteiger partial charge in [-0.05, 0) is 74.6 Å². The van der Waals surface area contributed by atoms with Crippen LogP contribution < -0.4 is 0 Å². The largest absolute Gasteiger partial charge is 0.254 e.